The summed E-state index contributed by atoms with van der Waals surface area (Å²) in [4.78, 5) is 15.6. The van der Waals surface area contributed by atoms with Crippen LogP contribution in [0.4, 0.5) is 0 Å². The molecular weight excluding hydrogens is 293 g/mol. The van der Waals surface area contributed by atoms with Crippen LogP contribution in [0.25, 0.3) is 10.9 Å². The van der Waals surface area contributed by atoms with Crippen molar-refractivity contribution in [2.24, 2.45) is 0 Å². The number of hydrogen-bond acceptors (Lipinski definition) is 3. The predicted molar refractivity (Wildman–Crippen MR) is 61.2 cm³/mol. The smallest absolute Gasteiger partial charge is 0.247 e. The molecule has 0 amide bonds. The second-order valence-corrected chi connectivity index (χ2v) is 3.97. The summed E-state index contributed by atoms with van der Waals surface area (Å²) in [5.74, 6) is -0.0111. The molecule has 0 fully saturated rings. The van der Waals surface area contributed by atoms with Gasteiger partial charge in [0.2, 0.25) is 5.91 Å². The number of aromatic nitrogens is 3. The third-order valence-electron chi connectivity index (χ3n) is 1.96. The molecule has 2 rings (SSSR count). The third kappa shape index (κ3) is 1.52. The van der Waals surface area contributed by atoms with Crippen LogP contribution < -0.4 is 0 Å². The van der Waals surface area contributed by atoms with Gasteiger partial charge in [0.25, 0.3) is 0 Å². The van der Waals surface area contributed by atoms with Crippen molar-refractivity contribution in [1.29, 1.82) is 0 Å². The van der Waals surface area contributed by atoms with E-state index >= 15 is 0 Å². The van der Waals surface area contributed by atoms with Crippen LogP contribution in [0, 0.1) is 3.70 Å². The lowest BCUT2D eigenvalue weighted by molar-refractivity contribution is 0.0899. The minimum atomic E-state index is -0.0111. The van der Waals surface area contributed by atoms with E-state index < -0.39 is 0 Å². The van der Waals surface area contributed by atoms with Gasteiger partial charge in [0.15, 0.2) is 0 Å². The molecule has 0 aliphatic heterocycles. The van der Waals surface area contributed by atoms with Gasteiger partial charge in [0.05, 0.1) is 17.9 Å². The molecule has 4 nitrogen and oxygen atoms in total. The molecule has 2 aromatic rings. The normalized spacial score (nSPS) is 10.7. The Hall–Kier alpha value is -0.980. The highest BCUT2D eigenvalue weighted by atomic mass is 127. The summed E-state index contributed by atoms with van der Waals surface area (Å²) in [5, 5.41) is 4.98. The van der Waals surface area contributed by atoms with Gasteiger partial charge in [-0.2, -0.15) is 9.78 Å². The first-order valence-corrected chi connectivity index (χ1v) is 5.32. The van der Waals surface area contributed by atoms with Crippen molar-refractivity contribution in [3.05, 3.63) is 22.2 Å². The lowest BCUT2D eigenvalue weighted by atomic mass is 10.3. The molecule has 72 valence electrons. The number of nitrogens with zero attached hydrogens (tertiary/aromatic N) is 3. The van der Waals surface area contributed by atoms with E-state index in [0.29, 0.717) is 6.42 Å². The minimum Gasteiger partial charge on any atom is -0.273 e. The zero-order valence-electron chi connectivity index (χ0n) is 7.57. The van der Waals surface area contributed by atoms with Gasteiger partial charge in [-0.05, 0) is 28.7 Å². The Kier molecular flexibility index (Phi) is 2.49. The van der Waals surface area contributed by atoms with Crippen molar-refractivity contribution in [3.8, 4) is 0 Å². The summed E-state index contributed by atoms with van der Waals surface area (Å²) in [6.07, 6.45) is 3.81. The SMILES string of the molecule is CCC(=O)n1ncc2cc(I)ncc21. The van der Waals surface area contributed by atoms with Gasteiger partial charge in [-0.3, -0.25) is 4.79 Å². The Morgan fingerprint density at radius 3 is 3.07 bits per heavy atom. The fourth-order valence-electron chi connectivity index (χ4n) is 1.25. The zero-order chi connectivity index (χ0) is 10.1. The lowest BCUT2D eigenvalue weighted by Crippen LogP contribution is -2.10. The molecule has 14 heavy (non-hydrogen) atoms. The average molecular weight is 301 g/mol. The molecule has 2 heterocycles. The average Bonchev–Trinajstić information content (AvgIpc) is 2.59. The quantitative estimate of drug-likeness (QED) is 0.598. The summed E-state index contributed by atoms with van der Waals surface area (Å²) in [7, 11) is 0. The Labute approximate surface area is 94.5 Å². The number of carbonyl (C=O) groups excluding carboxylic acids is 1. The first-order valence-electron chi connectivity index (χ1n) is 4.25. The van der Waals surface area contributed by atoms with Gasteiger partial charge in [0.1, 0.15) is 3.70 Å². The molecule has 0 aliphatic rings. The van der Waals surface area contributed by atoms with E-state index in [1.165, 1.54) is 4.68 Å². The second-order valence-electron chi connectivity index (χ2n) is 2.87. The van der Waals surface area contributed by atoms with Crippen LogP contribution >= 0.6 is 22.6 Å². The van der Waals surface area contributed by atoms with Crippen LogP contribution in [0.5, 0.6) is 0 Å². The molecule has 0 bridgehead atoms. The molecule has 0 unspecified atom stereocenters. The van der Waals surface area contributed by atoms with Crippen LogP contribution in [-0.2, 0) is 0 Å². The van der Waals surface area contributed by atoms with Crippen molar-refractivity contribution >= 4 is 39.4 Å². The number of pyridine rings is 1. The molecule has 0 saturated carbocycles. The number of rotatable bonds is 1. The number of hydrogen-bond donors (Lipinski definition) is 0. The van der Waals surface area contributed by atoms with Crippen LogP contribution in [0.2, 0.25) is 0 Å². The largest absolute Gasteiger partial charge is 0.273 e. The van der Waals surface area contributed by atoms with Gasteiger partial charge >= 0.3 is 0 Å². The summed E-state index contributed by atoms with van der Waals surface area (Å²) < 4.78 is 2.30. The highest BCUT2D eigenvalue weighted by Gasteiger charge is 2.08. The van der Waals surface area contributed by atoms with Crippen LogP contribution in [0.1, 0.15) is 18.1 Å². The van der Waals surface area contributed by atoms with E-state index in [9.17, 15) is 4.79 Å². The van der Waals surface area contributed by atoms with Gasteiger partial charge < -0.3 is 0 Å². The molecule has 0 aliphatic carbocycles. The van der Waals surface area contributed by atoms with Gasteiger partial charge in [0, 0.05) is 11.8 Å². The Morgan fingerprint density at radius 2 is 2.36 bits per heavy atom. The Morgan fingerprint density at radius 1 is 1.57 bits per heavy atom. The van der Waals surface area contributed by atoms with E-state index in [4.69, 9.17) is 0 Å². The molecular formula is C9H8IN3O. The first-order chi connectivity index (χ1) is 6.72. The maximum atomic E-state index is 11.4. The minimum absolute atomic E-state index is 0.0111. The Bertz CT molecular complexity index is 492. The molecule has 0 radical (unpaired) electrons. The topological polar surface area (TPSA) is 47.8 Å². The highest BCUT2D eigenvalue weighted by Crippen LogP contribution is 2.14. The predicted octanol–water partition coefficient (Wildman–Crippen LogP) is 2.09. The van der Waals surface area contributed by atoms with E-state index in [2.05, 4.69) is 32.7 Å². The van der Waals surface area contributed by atoms with E-state index in [1.54, 1.807) is 12.4 Å². The maximum Gasteiger partial charge on any atom is 0.247 e. The fraction of sp³-hybridized carbons (Fsp3) is 0.222. The molecule has 0 spiro atoms. The van der Waals surface area contributed by atoms with Crippen LogP contribution in [0.15, 0.2) is 18.5 Å². The van der Waals surface area contributed by atoms with E-state index in [0.717, 1.165) is 14.6 Å². The first kappa shape index (κ1) is 9.57. The molecule has 0 aromatic carbocycles. The standard InChI is InChI=1S/C9H8IN3O/c1-2-9(14)13-7-5-11-8(10)3-6(7)4-12-13/h3-5H,2H2,1H3. The van der Waals surface area contributed by atoms with Gasteiger partial charge in [-0.15, -0.1) is 0 Å². The van der Waals surface area contributed by atoms with Crippen molar-refractivity contribution in [3.63, 3.8) is 0 Å². The lowest BCUT2D eigenvalue weighted by Gasteiger charge is -1.98. The second kappa shape index (κ2) is 3.64. The fourth-order valence-corrected chi connectivity index (χ4v) is 1.72. The Balaban J connectivity index is 2.64. The third-order valence-corrected chi connectivity index (χ3v) is 2.55. The summed E-state index contributed by atoms with van der Waals surface area (Å²) in [5.41, 5.74) is 0.775. The number of fused-ring (bicyclic) bond motifs is 1. The van der Waals surface area contributed by atoms with Crippen molar-refractivity contribution < 1.29 is 4.79 Å². The zero-order valence-corrected chi connectivity index (χ0v) is 9.72. The highest BCUT2D eigenvalue weighted by molar-refractivity contribution is 14.1. The molecule has 0 saturated heterocycles. The maximum absolute atomic E-state index is 11.4. The van der Waals surface area contributed by atoms with Crippen molar-refractivity contribution in [2.75, 3.05) is 0 Å². The van der Waals surface area contributed by atoms with E-state index in [1.807, 2.05) is 13.0 Å². The number of carbonyl (C=O) groups is 1. The van der Waals surface area contributed by atoms with Gasteiger partial charge in [-0.25, -0.2) is 4.98 Å². The monoisotopic (exact) mass is 301 g/mol. The van der Waals surface area contributed by atoms with E-state index in [-0.39, 0.29) is 5.91 Å². The molecule has 2 aromatic heterocycles. The summed E-state index contributed by atoms with van der Waals surface area (Å²) >= 11 is 2.13. The summed E-state index contributed by atoms with van der Waals surface area (Å²) in [6, 6.07) is 1.91. The van der Waals surface area contributed by atoms with Crippen molar-refractivity contribution in [2.45, 2.75) is 13.3 Å². The molecule has 0 N–H and O–H groups in total. The van der Waals surface area contributed by atoms with Crippen LogP contribution in [-0.4, -0.2) is 20.7 Å². The molecule has 5 heteroatoms. The number of halogens is 1. The summed E-state index contributed by atoms with van der Waals surface area (Å²) in [6.45, 7) is 1.82. The van der Waals surface area contributed by atoms with Gasteiger partial charge in [-0.1, -0.05) is 6.92 Å². The molecule has 0 atom stereocenters. The van der Waals surface area contributed by atoms with Crippen molar-refractivity contribution in [1.82, 2.24) is 14.8 Å². The van der Waals surface area contributed by atoms with Crippen LogP contribution in [0.3, 0.4) is 0 Å².